The lowest BCUT2D eigenvalue weighted by atomic mass is 10.1. The summed E-state index contributed by atoms with van der Waals surface area (Å²) in [6.45, 7) is 9.10. The van der Waals surface area contributed by atoms with Gasteiger partial charge in [0.2, 0.25) is 0 Å². The Labute approximate surface area is 184 Å². The molecule has 0 fully saturated rings. The average molecular weight is 450 g/mol. The number of carboxylic acids is 1. The molecule has 2 rings (SSSR count). The lowest BCUT2D eigenvalue weighted by molar-refractivity contribution is -0.146. The van der Waals surface area contributed by atoms with E-state index in [0.717, 1.165) is 18.2 Å². The summed E-state index contributed by atoms with van der Waals surface area (Å²) in [4.78, 5) is 46.1. The maximum absolute atomic E-state index is 12.5. The number of hydroxylamine groups is 2. The molecular weight excluding hydrogens is 424 g/mol. The molecule has 0 saturated heterocycles. The van der Waals surface area contributed by atoms with Gasteiger partial charge in [0.25, 0.3) is 0 Å². The predicted octanol–water partition coefficient (Wildman–Crippen LogP) is 3.95. The lowest BCUT2D eigenvalue weighted by Gasteiger charge is -2.27. The van der Waals surface area contributed by atoms with Gasteiger partial charge in [-0.1, -0.05) is 5.06 Å². The van der Waals surface area contributed by atoms with Crippen molar-refractivity contribution in [3.8, 4) is 11.5 Å². The van der Waals surface area contributed by atoms with Crippen LogP contribution in [0.3, 0.4) is 0 Å². The molecule has 0 radical (unpaired) electrons. The number of aromatic carboxylic acids is 1. The monoisotopic (exact) mass is 450 g/mol. The van der Waals surface area contributed by atoms with Crippen LogP contribution in [-0.2, 0) is 20.9 Å². The highest BCUT2D eigenvalue weighted by Gasteiger charge is 2.33. The summed E-state index contributed by atoms with van der Waals surface area (Å²) < 4.78 is 10.3. The standard InChI is InChI=1S/C21H26N2O9/c1-20(2,3)31-18(28)23(19(29)32-21(4,5)6)30-10-11-7-13(17(26)27)12-8-15(24)16(25)9-14(12)22-11/h7-9,24-25H,10H2,1-6H3,(H,26,27). The number of imide groups is 1. The van der Waals surface area contributed by atoms with Crippen molar-refractivity contribution in [1.82, 2.24) is 10.0 Å². The Morgan fingerprint density at radius 1 is 0.906 bits per heavy atom. The Morgan fingerprint density at radius 2 is 1.41 bits per heavy atom. The van der Waals surface area contributed by atoms with Gasteiger partial charge in [-0.05, 0) is 53.7 Å². The third-order valence-electron chi connectivity index (χ3n) is 3.65. The van der Waals surface area contributed by atoms with Crippen molar-refractivity contribution in [3.63, 3.8) is 0 Å². The third-order valence-corrected chi connectivity index (χ3v) is 3.65. The number of pyridine rings is 1. The van der Waals surface area contributed by atoms with Crippen LogP contribution in [0.4, 0.5) is 9.59 Å². The summed E-state index contributed by atoms with van der Waals surface area (Å²) in [5.41, 5.74) is -2.02. The van der Waals surface area contributed by atoms with Crippen LogP contribution in [0.2, 0.25) is 0 Å². The molecule has 0 aliphatic carbocycles. The normalized spacial score (nSPS) is 11.8. The quantitative estimate of drug-likeness (QED) is 0.460. The van der Waals surface area contributed by atoms with Gasteiger partial charge in [0.15, 0.2) is 11.5 Å². The number of aromatic nitrogens is 1. The van der Waals surface area contributed by atoms with Crippen molar-refractivity contribution in [2.75, 3.05) is 0 Å². The fraction of sp³-hybridized carbons (Fsp3) is 0.429. The molecule has 1 heterocycles. The zero-order valence-electron chi connectivity index (χ0n) is 18.6. The number of phenols is 2. The topological polar surface area (TPSA) is 156 Å². The molecule has 1 aromatic heterocycles. The molecule has 0 aliphatic heterocycles. The number of carbonyl (C=O) groups excluding carboxylic acids is 2. The van der Waals surface area contributed by atoms with E-state index in [1.165, 1.54) is 0 Å². The number of carboxylic acid groups (broad SMARTS) is 1. The molecule has 1 aromatic carbocycles. The number of benzene rings is 1. The van der Waals surface area contributed by atoms with Crippen LogP contribution < -0.4 is 0 Å². The number of hydrogen-bond donors (Lipinski definition) is 3. The van der Waals surface area contributed by atoms with Crippen molar-refractivity contribution in [2.45, 2.75) is 59.4 Å². The first-order chi connectivity index (χ1) is 14.6. The van der Waals surface area contributed by atoms with Crippen LogP contribution in [-0.4, -0.2) is 54.7 Å². The number of amides is 2. The molecule has 3 N–H and O–H groups in total. The van der Waals surface area contributed by atoms with Crippen molar-refractivity contribution >= 4 is 29.1 Å². The van der Waals surface area contributed by atoms with Crippen LogP contribution in [0.15, 0.2) is 18.2 Å². The van der Waals surface area contributed by atoms with Crippen LogP contribution >= 0.6 is 0 Å². The van der Waals surface area contributed by atoms with Gasteiger partial charge in [-0.25, -0.2) is 14.4 Å². The smallest absolute Gasteiger partial charge is 0.444 e. The van der Waals surface area contributed by atoms with E-state index in [0.29, 0.717) is 0 Å². The zero-order chi connectivity index (χ0) is 24.4. The van der Waals surface area contributed by atoms with Gasteiger partial charge < -0.3 is 24.8 Å². The molecule has 32 heavy (non-hydrogen) atoms. The Hall–Kier alpha value is -3.60. The van der Waals surface area contributed by atoms with Gasteiger partial charge in [-0.3, -0.25) is 9.82 Å². The largest absolute Gasteiger partial charge is 0.504 e. The Morgan fingerprint density at radius 3 is 1.88 bits per heavy atom. The molecule has 0 atom stereocenters. The van der Waals surface area contributed by atoms with Crippen molar-refractivity contribution in [2.24, 2.45) is 0 Å². The minimum atomic E-state index is -1.32. The van der Waals surface area contributed by atoms with E-state index in [1.807, 2.05) is 0 Å². The second kappa shape index (κ2) is 8.87. The molecule has 0 unspecified atom stereocenters. The molecule has 174 valence electrons. The molecular formula is C21H26N2O9. The third kappa shape index (κ3) is 6.45. The van der Waals surface area contributed by atoms with E-state index in [2.05, 4.69) is 4.98 Å². The molecule has 0 bridgehead atoms. The van der Waals surface area contributed by atoms with Crippen molar-refractivity contribution in [3.05, 3.63) is 29.5 Å². The Balaban J connectivity index is 2.38. The van der Waals surface area contributed by atoms with E-state index < -0.39 is 47.5 Å². The first-order valence-electron chi connectivity index (χ1n) is 9.55. The Kier molecular flexibility index (Phi) is 6.84. The molecule has 2 amide bonds. The minimum absolute atomic E-state index is 0.0251. The molecule has 0 saturated carbocycles. The highest BCUT2D eigenvalue weighted by Crippen LogP contribution is 2.31. The number of phenolic OH excluding ortho intramolecular Hbond substituents is 2. The summed E-state index contributed by atoms with van der Waals surface area (Å²) in [6.07, 6.45) is -2.26. The highest BCUT2D eigenvalue weighted by molar-refractivity contribution is 6.03. The number of aromatic hydroxyl groups is 2. The van der Waals surface area contributed by atoms with E-state index >= 15 is 0 Å². The van der Waals surface area contributed by atoms with Crippen LogP contribution in [0.5, 0.6) is 11.5 Å². The van der Waals surface area contributed by atoms with Gasteiger partial charge in [-0.15, -0.1) is 0 Å². The number of rotatable bonds is 4. The SMILES string of the molecule is CC(C)(C)OC(=O)N(OCc1cc(C(=O)O)c2cc(O)c(O)cc2n1)C(=O)OC(C)(C)C. The molecule has 11 nitrogen and oxygen atoms in total. The first-order valence-corrected chi connectivity index (χ1v) is 9.55. The first kappa shape index (κ1) is 24.7. The number of ether oxygens (including phenoxy) is 2. The van der Waals surface area contributed by atoms with Gasteiger partial charge >= 0.3 is 18.2 Å². The van der Waals surface area contributed by atoms with Gasteiger partial charge in [0, 0.05) is 11.5 Å². The van der Waals surface area contributed by atoms with Gasteiger partial charge in [0.05, 0.1) is 16.8 Å². The van der Waals surface area contributed by atoms with Crippen LogP contribution in [0.25, 0.3) is 10.9 Å². The lowest BCUT2D eigenvalue weighted by Crippen LogP contribution is -2.43. The summed E-state index contributed by atoms with van der Waals surface area (Å²) in [6, 6.07) is 3.31. The fourth-order valence-corrected chi connectivity index (χ4v) is 2.47. The molecule has 0 spiro atoms. The fourth-order valence-electron chi connectivity index (χ4n) is 2.47. The number of carbonyl (C=O) groups is 3. The molecule has 11 heteroatoms. The van der Waals surface area contributed by atoms with E-state index in [-0.39, 0.29) is 27.2 Å². The van der Waals surface area contributed by atoms with Crippen molar-refractivity contribution in [1.29, 1.82) is 0 Å². The average Bonchev–Trinajstić information content (AvgIpc) is 2.59. The number of hydrogen-bond acceptors (Lipinski definition) is 9. The Bertz CT molecular complexity index is 1020. The number of nitrogens with zero attached hydrogens (tertiary/aromatic N) is 2. The van der Waals surface area contributed by atoms with Crippen LogP contribution in [0.1, 0.15) is 57.6 Å². The van der Waals surface area contributed by atoms with Crippen LogP contribution in [0, 0.1) is 0 Å². The van der Waals surface area contributed by atoms with E-state index in [9.17, 15) is 29.7 Å². The highest BCUT2D eigenvalue weighted by atomic mass is 16.8. The van der Waals surface area contributed by atoms with Crippen molar-refractivity contribution < 1.29 is 44.0 Å². The van der Waals surface area contributed by atoms with E-state index in [1.54, 1.807) is 41.5 Å². The maximum atomic E-state index is 12.5. The summed E-state index contributed by atoms with van der Waals surface area (Å²) >= 11 is 0. The summed E-state index contributed by atoms with van der Waals surface area (Å²) in [5.74, 6) is -2.32. The number of fused-ring (bicyclic) bond motifs is 1. The summed E-state index contributed by atoms with van der Waals surface area (Å²) in [7, 11) is 0. The maximum Gasteiger partial charge on any atom is 0.444 e. The second-order valence-corrected chi connectivity index (χ2v) is 8.85. The van der Waals surface area contributed by atoms with Gasteiger partial charge in [-0.2, -0.15) is 0 Å². The predicted molar refractivity (Wildman–Crippen MR) is 111 cm³/mol. The molecule has 0 aliphatic rings. The second-order valence-electron chi connectivity index (χ2n) is 8.85. The summed E-state index contributed by atoms with van der Waals surface area (Å²) in [5, 5.41) is 29.3. The van der Waals surface area contributed by atoms with E-state index in [4.69, 9.17) is 14.3 Å². The zero-order valence-corrected chi connectivity index (χ0v) is 18.6. The van der Waals surface area contributed by atoms with Gasteiger partial charge in [0.1, 0.15) is 17.8 Å². The minimum Gasteiger partial charge on any atom is -0.504 e. The molecule has 2 aromatic rings.